The first kappa shape index (κ1) is 8.07. The van der Waals surface area contributed by atoms with Crippen molar-refractivity contribution in [2.45, 2.75) is 0 Å². The maximum Gasteiger partial charge on any atom is 0.306 e. The highest BCUT2D eigenvalue weighted by Gasteiger charge is 1.95. The molecular formula is C9H8N2OS. The first-order valence-electron chi connectivity index (χ1n) is 3.84. The van der Waals surface area contributed by atoms with Crippen LogP contribution >= 0.6 is 11.3 Å². The molecule has 0 aliphatic carbocycles. The summed E-state index contributed by atoms with van der Waals surface area (Å²) in [7, 11) is 0. The highest BCUT2D eigenvalue weighted by molar-refractivity contribution is 7.07. The van der Waals surface area contributed by atoms with E-state index >= 15 is 0 Å². The van der Waals surface area contributed by atoms with Crippen LogP contribution in [0.15, 0.2) is 40.5 Å². The summed E-state index contributed by atoms with van der Waals surface area (Å²) in [6.07, 6.45) is 0. The van der Waals surface area contributed by atoms with Crippen LogP contribution in [-0.2, 0) is 0 Å². The normalized spacial score (nSPS) is 9.85. The van der Waals surface area contributed by atoms with E-state index in [0.29, 0.717) is 0 Å². The number of benzene rings is 1. The highest BCUT2D eigenvalue weighted by Crippen LogP contribution is 2.12. The van der Waals surface area contributed by atoms with Gasteiger partial charge in [-0.25, -0.2) is 0 Å². The van der Waals surface area contributed by atoms with Crippen molar-refractivity contribution in [1.29, 1.82) is 0 Å². The van der Waals surface area contributed by atoms with Crippen molar-refractivity contribution in [1.82, 2.24) is 4.98 Å². The molecule has 0 spiro atoms. The van der Waals surface area contributed by atoms with Crippen molar-refractivity contribution in [3.8, 4) is 0 Å². The smallest absolute Gasteiger partial charge is 0.306 e. The molecule has 0 atom stereocenters. The van der Waals surface area contributed by atoms with Crippen molar-refractivity contribution in [2.24, 2.45) is 0 Å². The molecule has 0 aliphatic heterocycles. The van der Waals surface area contributed by atoms with Gasteiger partial charge in [-0.2, -0.15) is 0 Å². The van der Waals surface area contributed by atoms with Crippen LogP contribution in [0.4, 0.5) is 11.5 Å². The third-order valence-corrected chi connectivity index (χ3v) is 2.24. The third-order valence-electron chi connectivity index (χ3n) is 1.57. The number of aromatic nitrogens is 1. The molecule has 1 heterocycles. The lowest BCUT2D eigenvalue weighted by molar-refractivity contribution is 1.32. The Morgan fingerprint density at radius 1 is 1.23 bits per heavy atom. The van der Waals surface area contributed by atoms with Gasteiger partial charge in [0.05, 0.1) is 0 Å². The zero-order valence-corrected chi connectivity index (χ0v) is 7.60. The van der Waals surface area contributed by atoms with E-state index in [9.17, 15) is 4.79 Å². The number of para-hydroxylation sites is 1. The van der Waals surface area contributed by atoms with Crippen molar-refractivity contribution in [3.63, 3.8) is 0 Å². The lowest BCUT2D eigenvalue weighted by Crippen LogP contribution is -1.96. The molecule has 2 N–H and O–H groups in total. The van der Waals surface area contributed by atoms with Crippen LogP contribution in [0.2, 0.25) is 0 Å². The molecule has 0 bridgehead atoms. The molecule has 0 saturated carbocycles. The van der Waals surface area contributed by atoms with Gasteiger partial charge in [-0.15, -0.1) is 0 Å². The topological polar surface area (TPSA) is 44.9 Å². The van der Waals surface area contributed by atoms with Gasteiger partial charge in [0, 0.05) is 11.1 Å². The number of hydrogen-bond acceptors (Lipinski definition) is 3. The Balaban J connectivity index is 2.20. The summed E-state index contributed by atoms with van der Waals surface area (Å²) in [5.41, 5.74) is 0.969. The Labute approximate surface area is 79.1 Å². The van der Waals surface area contributed by atoms with Crippen LogP contribution in [0, 0.1) is 0 Å². The predicted octanol–water partition coefficient (Wildman–Crippen LogP) is 2.18. The fraction of sp³-hybridized carbons (Fsp3) is 0. The summed E-state index contributed by atoms with van der Waals surface area (Å²) in [6.45, 7) is 0. The van der Waals surface area contributed by atoms with Crippen molar-refractivity contribution < 1.29 is 0 Å². The SMILES string of the molecule is O=c1[nH]c(Nc2ccccc2)cs1. The molecule has 4 heteroatoms. The second-order valence-electron chi connectivity index (χ2n) is 2.55. The minimum absolute atomic E-state index is 0.0431. The standard InChI is InChI=1S/C9H8N2OS/c12-9-11-8(6-13-9)10-7-4-2-1-3-5-7/h1-6,10H,(H,11,12). The molecule has 0 fully saturated rings. The van der Waals surface area contributed by atoms with Crippen LogP contribution < -0.4 is 10.2 Å². The zero-order chi connectivity index (χ0) is 9.10. The second-order valence-corrected chi connectivity index (χ2v) is 3.40. The number of rotatable bonds is 2. The molecular weight excluding hydrogens is 184 g/mol. The fourth-order valence-corrected chi connectivity index (χ4v) is 1.53. The molecule has 2 aromatic rings. The average Bonchev–Trinajstić information content (AvgIpc) is 2.53. The minimum Gasteiger partial charge on any atom is -0.341 e. The summed E-state index contributed by atoms with van der Waals surface area (Å²) in [5.74, 6) is 0.737. The molecule has 1 aromatic carbocycles. The molecule has 0 unspecified atom stereocenters. The molecule has 13 heavy (non-hydrogen) atoms. The number of anilines is 2. The average molecular weight is 192 g/mol. The van der Waals surface area contributed by atoms with E-state index in [2.05, 4.69) is 10.3 Å². The summed E-state index contributed by atoms with van der Waals surface area (Å²) < 4.78 is 0. The van der Waals surface area contributed by atoms with Crippen LogP contribution in [-0.4, -0.2) is 4.98 Å². The highest BCUT2D eigenvalue weighted by atomic mass is 32.1. The third kappa shape index (κ3) is 1.97. The van der Waals surface area contributed by atoms with Gasteiger partial charge >= 0.3 is 4.87 Å². The molecule has 0 radical (unpaired) electrons. The van der Waals surface area contributed by atoms with Gasteiger partial charge in [-0.3, -0.25) is 9.78 Å². The van der Waals surface area contributed by atoms with Gasteiger partial charge in [0.2, 0.25) is 0 Å². The lowest BCUT2D eigenvalue weighted by Gasteiger charge is -2.00. The first-order valence-corrected chi connectivity index (χ1v) is 4.72. The van der Waals surface area contributed by atoms with E-state index in [1.54, 1.807) is 5.38 Å². The van der Waals surface area contributed by atoms with Crippen LogP contribution in [0.25, 0.3) is 0 Å². The van der Waals surface area contributed by atoms with Crippen molar-refractivity contribution >= 4 is 22.8 Å². The molecule has 3 nitrogen and oxygen atoms in total. The second kappa shape index (κ2) is 3.45. The van der Waals surface area contributed by atoms with Gasteiger partial charge < -0.3 is 5.32 Å². The summed E-state index contributed by atoms with van der Waals surface area (Å²) in [6, 6.07) is 9.70. The van der Waals surface area contributed by atoms with E-state index in [0.717, 1.165) is 22.8 Å². The molecule has 1 aromatic heterocycles. The van der Waals surface area contributed by atoms with Crippen LogP contribution in [0.3, 0.4) is 0 Å². The number of nitrogens with one attached hydrogen (secondary N) is 2. The Bertz CT molecular complexity index is 432. The number of hydrogen-bond donors (Lipinski definition) is 2. The Hall–Kier alpha value is -1.55. The molecule has 0 amide bonds. The number of aromatic amines is 1. The van der Waals surface area contributed by atoms with Gasteiger partial charge in [0.1, 0.15) is 5.82 Å². The zero-order valence-electron chi connectivity index (χ0n) is 6.78. The van der Waals surface area contributed by atoms with Crippen LogP contribution in [0.5, 0.6) is 0 Å². The largest absolute Gasteiger partial charge is 0.341 e. The number of H-pyrrole nitrogens is 1. The fourth-order valence-electron chi connectivity index (χ4n) is 1.02. The predicted molar refractivity (Wildman–Crippen MR) is 54.7 cm³/mol. The Morgan fingerprint density at radius 3 is 2.62 bits per heavy atom. The first-order chi connectivity index (χ1) is 6.34. The van der Waals surface area contributed by atoms with Gasteiger partial charge in [-0.05, 0) is 12.1 Å². The summed E-state index contributed by atoms with van der Waals surface area (Å²) >= 11 is 1.15. The maximum absolute atomic E-state index is 10.8. The molecule has 2 rings (SSSR count). The number of thiazole rings is 1. The molecule has 66 valence electrons. The van der Waals surface area contributed by atoms with E-state index in [4.69, 9.17) is 0 Å². The van der Waals surface area contributed by atoms with Gasteiger partial charge in [0.25, 0.3) is 0 Å². The van der Waals surface area contributed by atoms with Gasteiger partial charge in [0.15, 0.2) is 0 Å². The van der Waals surface area contributed by atoms with E-state index < -0.39 is 0 Å². The van der Waals surface area contributed by atoms with Crippen molar-refractivity contribution in [3.05, 3.63) is 45.4 Å². The van der Waals surface area contributed by atoms with E-state index in [-0.39, 0.29) is 4.87 Å². The van der Waals surface area contributed by atoms with Crippen molar-refractivity contribution in [2.75, 3.05) is 5.32 Å². The van der Waals surface area contributed by atoms with Crippen LogP contribution in [0.1, 0.15) is 0 Å². The summed E-state index contributed by atoms with van der Waals surface area (Å²) in [5, 5.41) is 4.84. The lowest BCUT2D eigenvalue weighted by atomic mass is 10.3. The molecule has 0 aliphatic rings. The van der Waals surface area contributed by atoms with Gasteiger partial charge in [-0.1, -0.05) is 29.5 Å². The summed E-state index contributed by atoms with van der Waals surface area (Å²) in [4.78, 5) is 13.4. The maximum atomic E-state index is 10.8. The molecule has 0 saturated heterocycles. The Kier molecular flexibility index (Phi) is 2.14. The quantitative estimate of drug-likeness (QED) is 0.766. The monoisotopic (exact) mass is 192 g/mol. The Morgan fingerprint density at radius 2 is 2.00 bits per heavy atom. The van der Waals surface area contributed by atoms with E-state index in [1.807, 2.05) is 30.3 Å². The van der Waals surface area contributed by atoms with E-state index in [1.165, 1.54) is 0 Å². The minimum atomic E-state index is -0.0431.